The fourth-order valence-electron chi connectivity index (χ4n) is 3.20. The largest absolute Gasteiger partial charge is 0.338 e. The Morgan fingerprint density at radius 3 is 2.50 bits per heavy atom. The number of rotatable bonds is 4. The lowest BCUT2D eigenvalue weighted by atomic mass is 10.0. The summed E-state index contributed by atoms with van der Waals surface area (Å²) in [6.45, 7) is 1.78. The van der Waals surface area contributed by atoms with Gasteiger partial charge in [-0.3, -0.25) is 9.69 Å². The minimum atomic E-state index is -0.314. The number of nitrogens with zero attached hydrogens (tertiary/aromatic N) is 2. The molecule has 7 heteroatoms. The number of nitrogens with one attached hydrogen (secondary N) is 2. The lowest BCUT2D eigenvalue weighted by Gasteiger charge is -2.35. The fourth-order valence-corrected chi connectivity index (χ4v) is 3.20. The van der Waals surface area contributed by atoms with Crippen molar-refractivity contribution in [2.45, 2.75) is 25.3 Å². The van der Waals surface area contributed by atoms with Crippen LogP contribution in [0.4, 0.5) is 9.59 Å². The number of hydrogen-bond acceptors (Lipinski definition) is 3. The lowest BCUT2D eigenvalue weighted by molar-refractivity contribution is -0.127. The zero-order chi connectivity index (χ0) is 16.9. The van der Waals surface area contributed by atoms with Gasteiger partial charge in [-0.25, -0.2) is 9.59 Å². The number of benzene rings is 1. The highest BCUT2D eigenvalue weighted by molar-refractivity contribution is 6.02. The van der Waals surface area contributed by atoms with Crippen molar-refractivity contribution >= 4 is 18.0 Å². The second-order valence-electron chi connectivity index (χ2n) is 6.11. The van der Waals surface area contributed by atoms with Gasteiger partial charge in [0.05, 0.1) is 6.54 Å². The lowest BCUT2D eigenvalue weighted by Crippen LogP contribution is -2.51. The van der Waals surface area contributed by atoms with Crippen molar-refractivity contribution in [3.63, 3.8) is 0 Å². The zero-order valence-electron chi connectivity index (χ0n) is 13.5. The summed E-state index contributed by atoms with van der Waals surface area (Å²) in [6, 6.07) is 9.51. The van der Waals surface area contributed by atoms with Crippen LogP contribution in [0.1, 0.15) is 18.4 Å². The molecule has 0 atom stereocenters. The monoisotopic (exact) mass is 330 g/mol. The molecule has 0 radical (unpaired) electrons. The van der Waals surface area contributed by atoms with E-state index in [4.69, 9.17) is 0 Å². The van der Waals surface area contributed by atoms with E-state index in [1.165, 1.54) is 10.5 Å². The summed E-state index contributed by atoms with van der Waals surface area (Å²) in [5, 5.41) is 5.47. The third kappa shape index (κ3) is 3.67. The molecule has 2 fully saturated rings. The second-order valence-corrected chi connectivity index (χ2v) is 6.11. The average Bonchev–Trinajstić information content (AvgIpc) is 2.94. The summed E-state index contributed by atoms with van der Waals surface area (Å²) >= 11 is 0. The molecule has 2 N–H and O–H groups in total. The Balaban J connectivity index is 1.42. The summed E-state index contributed by atoms with van der Waals surface area (Å²) in [7, 11) is 0. The van der Waals surface area contributed by atoms with E-state index < -0.39 is 0 Å². The van der Waals surface area contributed by atoms with Crippen molar-refractivity contribution in [1.82, 2.24) is 20.4 Å². The number of imide groups is 1. The molecule has 2 aliphatic heterocycles. The Morgan fingerprint density at radius 2 is 1.88 bits per heavy atom. The van der Waals surface area contributed by atoms with Crippen molar-refractivity contribution in [2.75, 3.05) is 26.2 Å². The molecule has 0 saturated carbocycles. The quantitative estimate of drug-likeness (QED) is 0.807. The maximum atomic E-state index is 12.2. The van der Waals surface area contributed by atoms with Crippen molar-refractivity contribution in [1.29, 1.82) is 0 Å². The number of carbonyl (C=O) groups excluding carboxylic acids is 3. The molecule has 1 aromatic rings. The van der Waals surface area contributed by atoms with Crippen LogP contribution in [0, 0.1) is 0 Å². The van der Waals surface area contributed by atoms with Gasteiger partial charge in [0.1, 0.15) is 0 Å². The van der Waals surface area contributed by atoms with E-state index in [1.54, 1.807) is 4.90 Å². The van der Waals surface area contributed by atoms with E-state index in [0.29, 0.717) is 32.5 Å². The normalized spacial score (nSPS) is 18.7. The van der Waals surface area contributed by atoms with Crippen LogP contribution in [0.2, 0.25) is 0 Å². The molecule has 1 aromatic carbocycles. The van der Waals surface area contributed by atoms with Crippen molar-refractivity contribution in [3.8, 4) is 0 Å². The smallest absolute Gasteiger partial charge is 0.324 e. The van der Waals surface area contributed by atoms with Crippen LogP contribution in [-0.2, 0) is 11.2 Å². The Morgan fingerprint density at radius 1 is 1.17 bits per heavy atom. The van der Waals surface area contributed by atoms with Crippen LogP contribution in [0.25, 0.3) is 0 Å². The summed E-state index contributed by atoms with van der Waals surface area (Å²) < 4.78 is 0. The van der Waals surface area contributed by atoms with Crippen LogP contribution < -0.4 is 10.6 Å². The first kappa shape index (κ1) is 16.3. The molecule has 128 valence electrons. The van der Waals surface area contributed by atoms with Gasteiger partial charge >= 0.3 is 12.1 Å². The van der Waals surface area contributed by atoms with Gasteiger partial charge in [-0.2, -0.15) is 0 Å². The van der Waals surface area contributed by atoms with Crippen LogP contribution in [0.5, 0.6) is 0 Å². The Kier molecular flexibility index (Phi) is 4.98. The summed E-state index contributed by atoms with van der Waals surface area (Å²) in [4.78, 5) is 38.7. The first-order valence-corrected chi connectivity index (χ1v) is 8.32. The van der Waals surface area contributed by atoms with Crippen LogP contribution in [0.3, 0.4) is 0 Å². The minimum absolute atomic E-state index is 0.0819. The van der Waals surface area contributed by atoms with Crippen LogP contribution in [0.15, 0.2) is 30.3 Å². The van der Waals surface area contributed by atoms with E-state index in [0.717, 1.165) is 6.42 Å². The number of piperidine rings is 1. The zero-order valence-corrected chi connectivity index (χ0v) is 13.5. The van der Waals surface area contributed by atoms with Gasteiger partial charge in [0.15, 0.2) is 0 Å². The number of carbonyl (C=O) groups is 3. The van der Waals surface area contributed by atoms with Crippen molar-refractivity contribution in [3.05, 3.63) is 35.9 Å². The molecule has 3 rings (SSSR count). The first-order chi connectivity index (χ1) is 11.6. The van der Waals surface area contributed by atoms with Gasteiger partial charge in [0.25, 0.3) is 0 Å². The number of hydrogen-bond donors (Lipinski definition) is 2. The SMILES string of the molecule is O=C(NCCc1ccccc1)N1CCC(N2C(=O)CNC2=O)CC1. The maximum absolute atomic E-state index is 12.2. The van der Waals surface area contributed by atoms with Crippen molar-refractivity contribution < 1.29 is 14.4 Å². The van der Waals surface area contributed by atoms with Gasteiger partial charge in [-0.15, -0.1) is 0 Å². The van der Waals surface area contributed by atoms with Gasteiger partial charge in [-0.1, -0.05) is 30.3 Å². The topological polar surface area (TPSA) is 81.8 Å². The molecule has 2 saturated heterocycles. The van der Waals surface area contributed by atoms with Gasteiger partial charge in [-0.05, 0) is 24.8 Å². The highest BCUT2D eigenvalue weighted by atomic mass is 16.2. The molecule has 24 heavy (non-hydrogen) atoms. The highest BCUT2D eigenvalue weighted by Gasteiger charge is 2.37. The third-order valence-electron chi connectivity index (χ3n) is 4.53. The van der Waals surface area contributed by atoms with E-state index in [-0.39, 0.29) is 30.6 Å². The number of urea groups is 2. The standard InChI is InChI=1S/C17H22N4O3/c22-15-12-19-17(24)21(15)14-7-10-20(11-8-14)16(23)18-9-6-13-4-2-1-3-5-13/h1-5,14H,6-12H2,(H,18,23)(H,19,24). The van der Waals surface area contributed by atoms with Crippen LogP contribution >= 0.6 is 0 Å². The van der Waals surface area contributed by atoms with E-state index in [2.05, 4.69) is 10.6 Å². The maximum Gasteiger partial charge on any atom is 0.324 e. The Bertz CT molecular complexity index is 596. The number of amides is 5. The van der Waals surface area contributed by atoms with Crippen LogP contribution in [-0.4, -0.2) is 60.0 Å². The Labute approximate surface area is 141 Å². The molecule has 0 aliphatic carbocycles. The Hall–Kier alpha value is -2.57. The van der Waals surface area contributed by atoms with Crippen molar-refractivity contribution in [2.24, 2.45) is 0 Å². The molecule has 2 aliphatic rings. The molecule has 2 heterocycles. The molecule has 0 unspecified atom stereocenters. The van der Waals surface area contributed by atoms with E-state index in [9.17, 15) is 14.4 Å². The first-order valence-electron chi connectivity index (χ1n) is 8.32. The minimum Gasteiger partial charge on any atom is -0.338 e. The van der Waals surface area contributed by atoms with Gasteiger partial charge in [0, 0.05) is 25.7 Å². The molecular weight excluding hydrogens is 308 g/mol. The molecule has 0 spiro atoms. The molecule has 5 amide bonds. The third-order valence-corrected chi connectivity index (χ3v) is 4.53. The van der Waals surface area contributed by atoms with Gasteiger partial charge < -0.3 is 15.5 Å². The predicted octanol–water partition coefficient (Wildman–Crippen LogP) is 0.955. The van der Waals surface area contributed by atoms with E-state index >= 15 is 0 Å². The molecule has 0 bridgehead atoms. The molecule has 7 nitrogen and oxygen atoms in total. The molecule has 0 aromatic heterocycles. The summed E-state index contributed by atoms with van der Waals surface area (Å²) in [6.07, 6.45) is 2.06. The molecular formula is C17H22N4O3. The average molecular weight is 330 g/mol. The highest BCUT2D eigenvalue weighted by Crippen LogP contribution is 2.19. The van der Waals surface area contributed by atoms with E-state index in [1.807, 2.05) is 30.3 Å². The number of likely N-dealkylation sites (tertiary alicyclic amines) is 1. The summed E-state index contributed by atoms with van der Waals surface area (Å²) in [5.74, 6) is -0.175. The van der Waals surface area contributed by atoms with Gasteiger partial charge in [0.2, 0.25) is 5.91 Å². The predicted molar refractivity (Wildman–Crippen MR) is 88.4 cm³/mol. The summed E-state index contributed by atoms with van der Waals surface area (Å²) in [5.41, 5.74) is 1.19. The fraction of sp³-hybridized carbons (Fsp3) is 0.471. The second kappa shape index (κ2) is 7.33.